The van der Waals surface area contributed by atoms with E-state index in [2.05, 4.69) is 42.2 Å². The minimum atomic E-state index is -0.111. The molecule has 1 saturated carbocycles. The fourth-order valence-corrected chi connectivity index (χ4v) is 3.88. The summed E-state index contributed by atoms with van der Waals surface area (Å²) in [5.41, 5.74) is 2.25. The van der Waals surface area contributed by atoms with Crippen molar-refractivity contribution in [3.8, 4) is 0 Å². The first-order valence-corrected chi connectivity index (χ1v) is 8.75. The van der Waals surface area contributed by atoms with Crippen LogP contribution in [0.3, 0.4) is 0 Å². The van der Waals surface area contributed by atoms with Crippen LogP contribution in [0.25, 0.3) is 11.0 Å². The standard InChI is InChI=1S/C19H27N2O2.HI/c1-4-18-20(3)16-10-5-6-11-17(16)21(18)13-19(22)23-15-9-7-8-14(2)12-15;/h5-6,10-11,14-15H,4,7-9,12-13H2,1-3H3;1H/q+1;/t14-,15?;/m1./s1. The number of imidazole rings is 1. The lowest BCUT2D eigenvalue weighted by atomic mass is 9.89. The van der Waals surface area contributed by atoms with Crippen LogP contribution in [0.1, 0.15) is 45.4 Å². The summed E-state index contributed by atoms with van der Waals surface area (Å²) in [6.07, 6.45) is 5.43. The van der Waals surface area contributed by atoms with Crippen LogP contribution in [-0.4, -0.2) is 16.6 Å². The van der Waals surface area contributed by atoms with E-state index in [4.69, 9.17) is 4.74 Å². The van der Waals surface area contributed by atoms with E-state index in [1.165, 1.54) is 12.8 Å². The molecule has 0 spiro atoms. The number of fused-ring (bicyclic) bond motifs is 1. The van der Waals surface area contributed by atoms with Crippen molar-refractivity contribution in [2.75, 3.05) is 0 Å². The zero-order valence-corrected chi connectivity index (χ0v) is 17.2. The number of para-hydroxylation sites is 2. The highest BCUT2D eigenvalue weighted by atomic mass is 127. The Labute approximate surface area is 161 Å². The third kappa shape index (κ3) is 3.92. The number of nitrogens with zero attached hydrogens (tertiary/aromatic N) is 2. The molecule has 0 saturated heterocycles. The number of rotatable bonds is 4. The molecule has 1 aromatic heterocycles. The lowest BCUT2D eigenvalue weighted by molar-refractivity contribution is -0.653. The van der Waals surface area contributed by atoms with E-state index in [9.17, 15) is 4.79 Å². The van der Waals surface area contributed by atoms with Gasteiger partial charge in [-0.25, -0.2) is 13.9 Å². The van der Waals surface area contributed by atoms with Crippen molar-refractivity contribution in [3.63, 3.8) is 0 Å². The highest BCUT2D eigenvalue weighted by Crippen LogP contribution is 2.26. The van der Waals surface area contributed by atoms with Crippen LogP contribution < -0.4 is 4.57 Å². The van der Waals surface area contributed by atoms with Gasteiger partial charge in [0, 0.05) is 6.42 Å². The van der Waals surface area contributed by atoms with Crippen molar-refractivity contribution in [2.24, 2.45) is 13.0 Å². The molecule has 0 bridgehead atoms. The van der Waals surface area contributed by atoms with Gasteiger partial charge in [-0.15, -0.1) is 24.0 Å². The molecule has 0 amide bonds. The SMILES string of the molecule is CCc1n(CC(=O)OC2CCC[C@@H](C)C2)c2ccccc2[n+]1C.I. The lowest BCUT2D eigenvalue weighted by Crippen LogP contribution is -2.33. The van der Waals surface area contributed by atoms with Gasteiger partial charge in [0.25, 0.3) is 5.82 Å². The van der Waals surface area contributed by atoms with Crippen molar-refractivity contribution in [3.05, 3.63) is 30.1 Å². The first kappa shape index (κ1) is 19.2. The van der Waals surface area contributed by atoms with Crippen molar-refractivity contribution in [2.45, 2.75) is 58.6 Å². The molecule has 0 radical (unpaired) electrons. The molecular formula is C19H28IN2O2+. The van der Waals surface area contributed by atoms with Crippen LogP contribution in [0, 0.1) is 5.92 Å². The molecule has 0 N–H and O–H groups in total. The van der Waals surface area contributed by atoms with Crippen LogP contribution >= 0.6 is 24.0 Å². The highest BCUT2D eigenvalue weighted by molar-refractivity contribution is 14.0. The molecule has 1 aliphatic rings. The van der Waals surface area contributed by atoms with Crippen molar-refractivity contribution in [1.82, 2.24) is 4.57 Å². The number of carbonyl (C=O) groups excluding carboxylic acids is 1. The summed E-state index contributed by atoms with van der Waals surface area (Å²) in [6, 6.07) is 8.23. The molecule has 132 valence electrons. The molecule has 3 rings (SSSR count). The minimum absolute atomic E-state index is 0. The molecule has 24 heavy (non-hydrogen) atoms. The van der Waals surface area contributed by atoms with Gasteiger partial charge in [0.05, 0.1) is 7.05 Å². The van der Waals surface area contributed by atoms with Crippen LogP contribution in [0.4, 0.5) is 0 Å². The second-order valence-electron chi connectivity index (χ2n) is 6.79. The summed E-state index contributed by atoms with van der Waals surface area (Å²) in [7, 11) is 2.06. The number of aryl methyl sites for hydroxylation is 1. The normalized spacial score (nSPS) is 20.6. The summed E-state index contributed by atoms with van der Waals surface area (Å²) in [6.45, 7) is 4.67. The van der Waals surface area contributed by atoms with E-state index in [1.54, 1.807) is 0 Å². The summed E-state index contributed by atoms with van der Waals surface area (Å²) in [5, 5.41) is 0. The maximum absolute atomic E-state index is 12.5. The summed E-state index contributed by atoms with van der Waals surface area (Å²) < 4.78 is 10.0. The molecule has 2 atom stereocenters. The van der Waals surface area contributed by atoms with Crippen LogP contribution in [-0.2, 0) is 29.5 Å². The van der Waals surface area contributed by atoms with Gasteiger partial charge in [-0.05, 0) is 37.3 Å². The average molecular weight is 443 g/mol. The number of benzene rings is 1. The molecule has 1 heterocycles. The van der Waals surface area contributed by atoms with Crippen LogP contribution in [0.2, 0.25) is 0 Å². The molecule has 1 aromatic carbocycles. The topological polar surface area (TPSA) is 35.1 Å². The molecule has 1 aliphatic carbocycles. The summed E-state index contributed by atoms with van der Waals surface area (Å²) in [4.78, 5) is 12.5. The maximum atomic E-state index is 12.5. The molecule has 4 nitrogen and oxygen atoms in total. The highest BCUT2D eigenvalue weighted by Gasteiger charge is 2.26. The molecule has 5 heteroatoms. The molecule has 1 fully saturated rings. The van der Waals surface area contributed by atoms with E-state index in [0.29, 0.717) is 12.5 Å². The Morgan fingerprint density at radius 3 is 2.79 bits per heavy atom. The van der Waals surface area contributed by atoms with Crippen molar-refractivity contribution in [1.29, 1.82) is 0 Å². The van der Waals surface area contributed by atoms with Gasteiger partial charge in [-0.3, -0.25) is 0 Å². The number of esters is 1. The van der Waals surface area contributed by atoms with Gasteiger partial charge < -0.3 is 4.74 Å². The Hall–Kier alpha value is -1.11. The van der Waals surface area contributed by atoms with Gasteiger partial charge >= 0.3 is 5.97 Å². The monoisotopic (exact) mass is 443 g/mol. The third-order valence-electron chi connectivity index (χ3n) is 5.02. The van der Waals surface area contributed by atoms with E-state index in [-0.39, 0.29) is 36.0 Å². The molecule has 1 unspecified atom stereocenters. The van der Waals surface area contributed by atoms with E-state index >= 15 is 0 Å². The first-order chi connectivity index (χ1) is 11.1. The predicted octanol–water partition coefficient (Wildman–Crippen LogP) is 3.77. The second-order valence-corrected chi connectivity index (χ2v) is 6.79. The number of halogens is 1. The second kappa shape index (κ2) is 8.32. The zero-order valence-electron chi connectivity index (χ0n) is 14.8. The van der Waals surface area contributed by atoms with Crippen molar-refractivity contribution >= 4 is 41.0 Å². The average Bonchev–Trinajstić information content (AvgIpc) is 2.80. The van der Waals surface area contributed by atoms with Gasteiger partial charge in [0.1, 0.15) is 6.10 Å². The maximum Gasteiger partial charge on any atom is 0.348 e. The number of aromatic nitrogens is 2. The van der Waals surface area contributed by atoms with Gasteiger partial charge in [0.15, 0.2) is 17.6 Å². The van der Waals surface area contributed by atoms with Gasteiger partial charge in [-0.2, -0.15) is 0 Å². The Morgan fingerprint density at radius 2 is 2.08 bits per heavy atom. The van der Waals surface area contributed by atoms with Gasteiger partial charge in [0.2, 0.25) is 0 Å². The largest absolute Gasteiger partial charge is 0.459 e. The number of hydrogen-bond donors (Lipinski definition) is 0. The Kier molecular flexibility index (Phi) is 6.66. The smallest absolute Gasteiger partial charge is 0.348 e. The van der Waals surface area contributed by atoms with Crippen molar-refractivity contribution < 1.29 is 14.1 Å². The van der Waals surface area contributed by atoms with E-state index < -0.39 is 0 Å². The van der Waals surface area contributed by atoms with Crippen LogP contribution in [0.15, 0.2) is 24.3 Å². The number of ether oxygens (including phenoxy) is 1. The first-order valence-electron chi connectivity index (χ1n) is 8.75. The predicted molar refractivity (Wildman–Crippen MR) is 105 cm³/mol. The quantitative estimate of drug-likeness (QED) is 0.410. The lowest BCUT2D eigenvalue weighted by Gasteiger charge is -2.26. The minimum Gasteiger partial charge on any atom is -0.459 e. The Morgan fingerprint density at radius 1 is 1.33 bits per heavy atom. The van der Waals surface area contributed by atoms with Crippen LogP contribution in [0.5, 0.6) is 0 Å². The number of carbonyl (C=O) groups is 1. The molecular weight excluding hydrogens is 415 g/mol. The fraction of sp³-hybridized carbons (Fsp3) is 0.579. The third-order valence-corrected chi connectivity index (χ3v) is 5.02. The molecule has 2 aromatic rings. The zero-order chi connectivity index (χ0) is 16.4. The van der Waals surface area contributed by atoms with E-state index in [0.717, 1.165) is 36.1 Å². The fourth-order valence-electron chi connectivity index (χ4n) is 3.88. The number of hydrogen-bond acceptors (Lipinski definition) is 2. The summed E-state index contributed by atoms with van der Waals surface area (Å²) >= 11 is 0. The van der Waals surface area contributed by atoms with E-state index in [1.807, 2.05) is 12.1 Å². The van der Waals surface area contributed by atoms with Gasteiger partial charge in [-0.1, -0.05) is 32.4 Å². The Balaban J connectivity index is 0.00000208. The molecule has 0 aliphatic heterocycles. The Bertz CT molecular complexity index is 711. The summed E-state index contributed by atoms with van der Waals surface area (Å²) in [5.74, 6) is 1.71.